The zero-order valence-electron chi connectivity index (χ0n) is 12.6. The van der Waals surface area contributed by atoms with Gasteiger partial charge in [0.25, 0.3) is 5.91 Å². The van der Waals surface area contributed by atoms with Gasteiger partial charge in [-0.2, -0.15) is 0 Å². The second-order valence-electron chi connectivity index (χ2n) is 5.29. The first kappa shape index (κ1) is 14.9. The molecule has 1 amide bonds. The maximum Gasteiger partial charge on any atom is 0.258 e. The Hall–Kier alpha value is -2.50. The Morgan fingerprint density at radius 3 is 2.29 bits per heavy atom. The molecule has 0 aliphatic carbocycles. The number of aromatic nitrogens is 3. The molecule has 110 valence electrons. The van der Waals surface area contributed by atoms with Gasteiger partial charge in [-0.1, -0.05) is 13.8 Å². The fourth-order valence-electron chi connectivity index (χ4n) is 1.96. The molecule has 21 heavy (non-hydrogen) atoms. The first-order chi connectivity index (χ1) is 9.85. The zero-order chi connectivity index (χ0) is 15.6. The van der Waals surface area contributed by atoms with E-state index in [-0.39, 0.29) is 11.8 Å². The van der Waals surface area contributed by atoms with Crippen LogP contribution in [0.1, 0.15) is 47.2 Å². The van der Waals surface area contributed by atoms with E-state index in [4.69, 9.17) is 5.73 Å². The number of carbonyl (C=O) groups excluding carboxylic acids is 1. The standard InChI is InChI=1S/C15H19N5O/c1-8(2)12-6-11(7-13(16)19-12)14(21)20-15-17-9(3)5-10(4)18-15/h5-8H,1-4H3,(H2,16,19)(H,17,18,20,21). The number of hydrogen-bond donors (Lipinski definition) is 2. The van der Waals surface area contributed by atoms with Gasteiger partial charge >= 0.3 is 0 Å². The normalized spacial score (nSPS) is 10.7. The molecule has 0 bridgehead atoms. The number of aryl methyl sites for hydroxylation is 2. The summed E-state index contributed by atoms with van der Waals surface area (Å²) in [6, 6.07) is 5.12. The Labute approximate surface area is 123 Å². The van der Waals surface area contributed by atoms with Crippen LogP contribution >= 0.6 is 0 Å². The Balaban J connectivity index is 2.28. The summed E-state index contributed by atoms with van der Waals surface area (Å²) in [4.78, 5) is 24.9. The second kappa shape index (κ2) is 5.87. The topological polar surface area (TPSA) is 93.8 Å². The summed E-state index contributed by atoms with van der Waals surface area (Å²) in [5.41, 5.74) is 8.59. The van der Waals surface area contributed by atoms with E-state index in [9.17, 15) is 4.79 Å². The van der Waals surface area contributed by atoms with E-state index in [1.54, 1.807) is 12.1 Å². The molecule has 6 nitrogen and oxygen atoms in total. The number of hydrogen-bond acceptors (Lipinski definition) is 5. The third-order valence-electron chi connectivity index (χ3n) is 2.93. The van der Waals surface area contributed by atoms with Gasteiger partial charge in [0.1, 0.15) is 5.82 Å². The smallest absolute Gasteiger partial charge is 0.258 e. The van der Waals surface area contributed by atoms with Crippen LogP contribution in [0, 0.1) is 13.8 Å². The summed E-state index contributed by atoms with van der Waals surface area (Å²) < 4.78 is 0. The number of anilines is 2. The summed E-state index contributed by atoms with van der Waals surface area (Å²) in [5.74, 6) is 0.514. The van der Waals surface area contributed by atoms with Gasteiger partial charge in [-0.25, -0.2) is 15.0 Å². The number of nitrogen functional groups attached to an aromatic ring is 1. The van der Waals surface area contributed by atoms with E-state index in [0.717, 1.165) is 17.1 Å². The van der Waals surface area contributed by atoms with Crippen molar-refractivity contribution in [2.45, 2.75) is 33.6 Å². The molecule has 0 aliphatic heterocycles. The lowest BCUT2D eigenvalue weighted by Crippen LogP contribution is -2.16. The van der Waals surface area contributed by atoms with Crippen molar-refractivity contribution in [3.05, 3.63) is 40.8 Å². The molecule has 0 radical (unpaired) electrons. The lowest BCUT2D eigenvalue weighted by atomic mass is 10.1. The highest BCUT2D eigenvalue weighted by atomic mass is 16.1. The van der Waals surface area contributed by atoms with Gasteiger partial charge in [0.15, 0.2) is 0 Å². The molecule has 3 N–H and O–H groups in total. The van der Waals surface area contributed by atoms with Crippen molar-refractivity contribution in [1.82, 2.24) is 15.0 Å². The molecular weight excluding hydrogens is 266 g/mol. The highest BCUT2D eigenvalue weighted by Crippen LogP contribution is 2.17. The third kappa shape index (κ3) is 3.75. The number of carbonyl (C=O) groups is 1. The molecule has 0 fully saturated rings. The first-order valence-corrected chi connectivity index (χ1v) is 6.76. The largest absolute Gasteiger partial charge is 0.384 e. The van der Waals surface area contributed by atoms with Crippen LogP contribution in [0.3, 0.4) is 0 Å². The van der Waals surface area contributed by atoms with Crippen molar-refractivity contribution >= 4 is 17.7 Å². The van der Waals surface area contributed by atoms with E-state index in [1.807, 2.05) is 33.8 Å². The highest BCUT2D eigenvalue weighted by Gasteiger charge is 2.12. The Morgan fingerprint density at radius 2 is 1.71 bits per heavy atom. The maximum atomic E-state index is 12.3. The molecule has 0 aliphatic rings. The van der Waals surface area contributed by atoms with Crippen molar-refractivity contribution in [2.75, 3.05) is 11.1 Å². The van der Waals surface area contributed by atoms with Gasteiger partial charge in [0, 0.05) is 22.6 Å². The van der Waals surface area contributed by atoms with E-state index >= 15 is 0 Å². The third-order valence-corrected chi connectivity index (χ3v) is 2.93. The van der Waals surface area contributed by atoms with Crippen LogP contribution in [-0.4, -0.2) is 20.9 Å². The molecule has 0 unspecified atom stereocenters. The molecule has 6 heteroatoms. The average molecular weight is 285 g/mol. The van der Waals surface area contributed by atoms with Gasteiger partial charge in [0.05, 0.1) is 0 Å². The van der Waals surface area contributed by atoms with E-state index in [0.29, 0.717) is 17.3 Å². The zero-order valence-corrected chi connectivity index (χ0v) is 12.6. The first-order valence-electron chi connectivity index (χ1n) is 6.76. The molecule has 2 rings (SSSR count). The number of pyridine rings is 1. The van der Waals surface area contributed by atoms with Crippen molar-refractivity contribution in [3.63, 3.8) is 0 Å². The van der Waals surface area contributed by atoms with Crippen LogP contribution < -0.4 is 11.1 Å². The van der Waals surface area contributed by atoms with Crippen molar-refractivity contribution < 1.29 is 4.79 Å². The van der Waals surface area contributed by atoms with Crippen LogP contribution in [0.4, 0.5) is 11.8 Å². The van der Waals surface area contributed by atoms with Gasteiger partial charge in [-0.3, -0.25) is 10.1 Å². The lowest BCUT2D eigenvalue weighted by molar-refractivity contribution is 0.102. The monoisotopic (exact) mass is 285 g/mol. The number of rotatable bonds is 3. The summed E-state index contributed by atoms with van der Waals surface area (Å²) in [7, 11) is 0. The molecule has 0 atom stereocenters. The van der Waals surface area contributed by atoms with Gasteiger partial charge < -0.3 is 5.73 Å². The maximum absolute atomic E-state index is 12.3. The predicted octanol–water partition coefficient (Wildman–Crippen LogP) is 2.45. The number of nitrogens with zero attached hydrogens (tertiary/aromatic N) is 3. The molecule has 2 aromatic heterocycles. The van der Waals surface area contributed by atoms with Crippen molar-refractivity contribution in [1.29, 1.82) is 0 Å². The van der Waals surface area contributed by atoms with Crippen LogP contribution in [0.5, 0.6) is 0 Å². The SMILES string of the molecule is Cc1cc(C)nc(NC(=O)c2cc(N)nc(C(C)C)c2)n1. The fourth-order valence-corrected chi connectivity index (χ4v) is 1.96. The second-order valence-corrected chi connectivity index (χ2v) is 5.29. The minimum absolute atomic E-state index is 0.192. The Kier molecular flexibility index (Phi) is 4.16. The Morgan fingerprint density at radius 1 is 1.10 bits per heavy atom. The van der Waals surface area contributed by atoms with Crippen LogP contribution in [0.2, 0.25) is 0 Å². The van der Waals surface area contributed by atoms with E-state index < -0.39 is 0 Å². The van der Waals surface area contributed by atoms with Gasteiger partial charge in [0.2, 0.25) is 5.95 Å². The lowest BCUT2D eigenvalue weighted by Gasteiger charge is -2.09. The summed E-state index contributed by atoms with van der Waals surface area (Å²) in [6.45, 7) is 7.70. The fraction of sp³-hybridized carbons (Fsp3) is 0.333. The van der Waals surface area contributed by atoms with Gasteiger partial charge in [-0.15, -0.1) is 0 Å². The van der Waals surface area contributed by atoms with Crippen LogP contribution in [-0.2, 0) is 0 Å². The number of amides is 1. The van der Waals surface area contributed by atoms with Crippen molar-refractivity contribution in [2.24, 2.45) is 0 Å². The number of nitrogens with one attached hydrogen (secondary N) is 1. The quantitative estimate of drug-likeness (QED) is 0.903. The molecule has 0 spiro atoms. The van der Waals surface area contributed by atoms with E-state index in [2.05, 4.69) is 20.3 Å². The molecule has 0 saturated carbocycles. The predicted molar refractivity (Wildman–Crippen MR) is 82.2 cm³/mol. The summed E-state index contributed by atoms with van der Waals surface area (Å²) in [5, 5.41) is 2.69. The van der Waals surface area contributed by atoms with E-state index in [1.165, 1.54) is 0 Å². The number of nitrogens with two attached hydrogens (primary N) is 1. The van der Waals surface area contributed by atoms with Crippen molar-refractivity contribution in [3.8, 4) is 0 Å². The summed E-state index contributed by atoms with van der Waals surface area (Å²) >= 11 is 0. The van der Waals surface area contributed by atoms with Gasteiger partial charge in [-0.05, 0) is 38.0 Å². The Bertz CT molecular complexity index is 662. The highest BCUT2D eigenvalue weighted by molar-refractivity contribution is 6.03. The molecule has 0 saturated heterocycles. The van der Waals surface area contributed by atoms with Crippen LogP contribution in [0.25, 0.3) is 0 Å². The molecular formula is C15H19N5O. The minimum Gasteiger partial charge on any atom is -0.384 e. The van der Waals surface area contributed by atoms with Crippen LogP contribution in [0.15, 0.2) is 18.2 Å². The molecule has 2 aromatic rings. The minimum atomic E-state index is -0.295. The average Bonchev–Trinajstić information content (AvgIpc) is 2.36. The molecule has 2 heterocycles. The molecule has 0 aromatic carbocycles. The summed E-state index contributed by atoms with van der Waals surface area (Å²) in [6.07, 6.45) is 0.